The van der Waals surface area contributed by atoms with E-state index in [0.29, 0.717) is 5.75 Å². The number of rotatable bonds is 2. The molecule has 2 aliphatic heterocycles. The number of phenols is 1. The van der Waals surface area contributed by atoms with Gasteiger partial charge in [-0.1, -0.05) is 18.2 Å². The number of piperidine rings is 1. The van der Waals surface area contributed by atoms with Gasteiger partial charge in [-0.25, -0.2) is 0 Å². The summed E-state index contributed by atoms with van der Waals surface area (Å²) in [6.45, 7) is 1.98. The molecule has 0 aliphatic carbocycles. The maximum absolute atomic E-state index is 9.61. The van der Waals surface area contributed by atoms with Gasteiger partial charge in [-0.2, -0.15) is 0 Å². The molecule has 24 heavy (non-hydrogen) atoms. The molecule has 2 aromatic carbocycles. The lowest BCUT2D eigenvalue weighted by Crippen LogP contribution is -2.49. The van der Waals surface area contributed by atoms with Crippen molar-refractivity contribution in [2.24, 2.45) is 0 Å². The van der Waals surface area contributed by atoms with Gasteiger partial charge in [0.1, 0.15) is 22.8 Å². The molecule has 4 heteroatoms. The molecule has 1 unspecified atom stereocenters. The second-order valence-corrected chi connectivity index (χ2v) is 6.79. The minimum atomic E-state index is -0.118. The van der Waals surface area contributed by atoms with E-state index in [9.17, 15) is 5.11 Å². The van der Waals surface area contributed by atoms with Crippen LogP contribution in [0.15, 0.2) is 42.5 Å². The molecule has 0 aromatic heterocycles. The third kappa shape index (κ3) is 2.71. The molecule has 0 saturated carbocycles. The molecule has 1 fully saturated rings. The zero-order valence-electron chi connectivity index (χ0n) is 13.9. The summed E-state index contributed by atoms with van der Waals surface area (Å²) in [7, 11) is 1.68. The maximum atomic E-state index is 9.61. The number of ether oxygens (including phenoxy) is 2. The van der Waals surface area contributed by atoms with Crippen molar-refractivity contribution in [3.63, 3.8) is 0 Å². The van der Waals surface area contributed by atoms with Crippen LogP contribution in [0.4, 0.5) is 0 Å². The molecular weight excluding hydrogens is 302 g/mol. The number of hydrogen-bond acceptors (Lipinski definition) is 4. The van der Waals surface area contributed by atoms with E-state index < -0.39 is 0 Å². The number of aromatic hydroxyl groups is 1. The Labute approximate surface area is 142 Å². The van der Waals surface area contributed by atoms with E-state index >= 15 is 0 Å². The van der Waals surface area contributed by atoms with Crippen LogP contribution in [0, 0.1) is 0 Å². The molecule has 0 radical (unpaired) electrons. The minimum Gasteiger partial charge on any atom is -0.508 e. The van der Waals surface area contributed by atoms with Crippen LogP contribution in [0.25, 0.3) is 0 Å². The van der Waals surface area contributed by atoms with Crippen LogP contribution in [-0.2, 0) is 0 Å². The van der Waals surface area contributed by atoms with Gasteiger partial charge in [0.05, 0.1) is 7.11 Å². The van der Waals surface area contributed by atoms with E-state index in [2.05, 4.69) is 11.4 Å². The molecule has 2 aliphatic rings. The number of phenolic OH excluding ortho intramolecular Hbond substituents is 1. The van der Waals surface area contributed by atoms with Crippen molar-refractivity contribution >= 4 is 0 Å². The average molecular weight is 325 g/mol. The molecule has 2 aromatic rings. The van der Waals surface area contributed by atoms with Crippen molar-refractivity contribution in [2.75, 3.05) is 20.2 Å². The van der Waals surface area contributed by atoms with E-state index in [0.717, 1.165) is 43.9 Å². The highest BCUT2D eigenvalue weighted by molar-refractivity contribution is 5.49. The van der Waals surface area contributed by atoms with E-state index in [1.165, 1.54) is 11.1 Å². The van der Waals surface area contributed by atoms with Crippen molar-refractivity contribution in [1.29, 1.82) is 0 Å². The van der Waals surface area contributed by atoms with Gasteiger partial charge in [-0.05, 0) is 56.1 Å². The van der Waals surface area contributed by atoms with Gasteiger partial charge in [0.15, 0.2) is 0 Å². The number of methoxy groups -OCH3 is 1. The Hall–Kier alpha value is -2.20. The fourth-order valence-corrected chi connectivity index (χ4v) is 3.97. The Kier molecular flexibility index (Phi) is 3.85. The highest BCUT2D eigenvalue weighted by Crippen LogP contribution is 2.48. The fraction of sp³-hybridized carbons (Fsp3) is 0.400. The average Bonchev–Trinajstić information content (AvgIpc) is 2.62. The molecule has 4 rings (SSSR count). The largest absolute Gasteiger partial charge is 0.508 e. The summed E-state index contributed by atoms with van der Waals surface area (Å²) in [5, 5.41) is 13.0. The van der Waals surface area contributed by atoms with E-state index in [1.54, 1.807) is 19.2 Å². The lowest BCUT2D eigenvalue weighted by atomic mass is 9.75. The van der Waals surface area contributed by atoms with Crippen LogP contribution in [0.1, 0.15) is 36.3 Å². The molecular formula is C20H23NO3. The van der Waals surface area contributed by atoms with Gasteiger partial charge >= 0.3 is 0 Å². The van der Waals surface area contributed by atoms with Crippen molar-refractivity contribution in [3.05, 3.63) is 53.6 Å². The van der Waals surface area contributed by atoms with E-state index in [4.69, 9.17) is 9.47 Å². The monoisotopic (exact) mass is 325 g/mol. The Morgan fingerprint density at radius 2 is 1.88 bits per heavy atom. The highest BCUT2D eigenvalue weighted by Gasteiger charge is 2.42. The van der Waals surface area contributed by atoms with Crippen LogP contribution >= 0.6 is 0 Å². The number of hydrogen-bond donors (Lipinski definition) is 2. The molecule has 1 spiro atoms. The van der Waals surface area contributed by atoms with E-state index in [1.807, 2.05) is 24.3 Å². The Morgan fingerprint density at radius 3 is 2.58 bits per heavy atom. The summed E-state index contributed by atoms with van der Waals surface area (Å²) in [5.41, 5.74) is 2.30. The number of fused-ring (bicyclic) bond motifs is 1. The fourth-order valence-electron chi connectivity index (χ4n) is 3.97. The summed E-state index contributed by atoms with van der Waals surface area (Å²) in [6, 6.07) is 13.7. The summed E-state index contributed by atoms with van der Waals surface area (Å²) >= 11 is 0. The highest BCUT2D eigenvalue weighted by atomic mass is 16.5. The second-order valence-electron chi connectivity index (χ2n) is 6.79. The summed E-state index contributed by atoms with van der Waals surface area (Å²) < 4.78 is 11.9. The van der Waals surface area contributed by atoms with Gasteiger partial charge in [-0.3, -0.25) is 0 Å². The normalized spacial score (nSPS) is 21.8. The first-order valence-corrected chi connectivity index (χ1v) is 8.56. The predicted octanol–water partition coefficient (Wildman–Crippen LogP) is 3.44. The molecule has 126 valence electrons. The van der Waals surface area contributed by atoms with Crippen LogP contribution in [0.3, 0.4) is 0 Å². The molecule has 2 heterocycles. The predicted molar refractivity (Wildman–Crippen MR) is 93.0 cm³/mol. The third-order valence-corrected chi connectivity index (χ3v) is 5.31. The lowest BCUT2D eigenvalue weighted by molar-refractivity contribution is 0.0112. The van der Waals surface area contributed by atoms with Crippen molar-refractivity contribution in [1.82, 2.24) is 5.32 Å². The first kappa shape index (κ1) is 15.3. The van der Waals surface area contributed by atoms with Crippen LogP contribution in [0.5, 0.6) is 17.2 Å². The smallest absolute Gasteiger partial charge is 0.127 e. The molecule has 2 N–H and O–H groups in total. The van der Waals surface area contributed by atoms with Gasteiger partial charge in [0.2, 0.25) is 0 Å². The summed E-state index contributed by atoms with van der Waals surface area (Å²) in [4.78, 5) is 0. The van der Waals surface area contributed by atoms with Gasteiger partial charge in [-0.15, -0.1) is 0 Å². The quantitative estimate of drug-likeness (QED) is 0.888. The first-order valence-electron chi connectivity index (χ1n) is 8.56. The molecule has 4 nitrogen and oxygen atoms in total. The Morgan fingerprint density at radius 1 is 1.12 bits per heavy atom. The Balaban J connectivity index is 1.78. The summed E-state index contributed by atoms with van der Waals surface area (Å²) in [5.74, 6) is 2.33. The van der Waals surface area contributed by atoms with E-state index in [-0.39, 0.29) is 11.5 Å². The SMILES string of the molecule is COc1ccc2c(c1)OC1(CCNCC1)CC2c1ccc(O)cc1. The van der Waals surface area contributed by atoms with Gasteiger partial charge in [0.25, 0.3) is 0 Å². The Bertz CT molecular complexity index is 720. The first-order chi connectivity index (χ1) is 11.7. The number of benzene rings is 2. The topological polar surface area (TPSA) is 50.7 Å². The lowest BCUT2D eigenvalue weighted by Gasteiger charge is -2.45. The van der Waals surface area contributed by atoms with Crippen molar-refractivity contribution in [3.8, 4) is 17.2 Å². The molecule has 0 bridgehead atoms. The zero-order chi connectivity index (χ0) is 16.6. The number of nitrogens with one attached hydrogen (secondary N) is 1. The van der Waals surface area contributed by atoms with Crippen LogP contribution in [0.2, 0.25) is 0 Å². The van der Waals surface area contributed by atoms with Crippen LogP contribution < -0.4 is 14.8 Å². The van der Waals surface area contributed by atoms with Crippen molar-refractivity contribution < 1.29 is 14.6 Å². The third-order valence-electron chi connectivity index (χ3n) is 5.31. The van der Waals surface area contributed by atoms with Gasteiger partial charge in [0, 0.05) is 17.5 Å². The van der Waals surface area contributed by atoms with Crippen molar-refractivity contribution in [2.45, 2.75) is 30.8 Å². The molecule has 0 amide bonds. The van der Waals surface area contributed by atoms with Crippen LogP contribution in [-0.4, -0.2) is 30.9 Å². The molecule has 1 atom stereocenters. The van der Waals surface area contributed by atoms with Gasteiger partial charge < -0.3 is 19.9 Å². The standard InChI is InChI=1S/C20H23NO3/c1-23-16-6-7-17-18(14-2-4-15(22)5-3-14)13-20(24-19(17)12-16)8-10-21-11-9-20/h2-7,12,18,21-22H,8-11,13H2,1H3. The maximum Gasteiger partial charge on any atom is 0.127 e. The summed E-state index contributed by atoms with van der Waals surface area (Å²) in [6.07, 6.45) is 3.00. The second kappa shape index (κ2) is 6.02. The molecule has 1 saturated heterocycles. The minimum absolute atomic E-state index is 0.118. The zero-order valence-corrected chi connectivity index (χ0v) is 13.9.